The SMILES string of the molecule is CN1CCCC1.COc1nc(N2CCNCC2)c2cc(Cl)c(-c3cccc4cccc(Cl)c34)c(F)c2n1. The van der Waals surface area contributed by atoms with E-state index >= 15 is 4.39 Å². The predicted octanol–water partition coefficient (Wildman–Crippen LogP) is 6.03. The minimum Gasteiger partial charge on any atom is -0.467 e. The van der Waals surface area contributed by atoms with Crippen molar-refractivity contribution in [1.29, 1.82) is 0 Å². The van der Waals surface area contributed by atoms with E-state index in [2.05, 4.69) is 32.1 Å². The highest BCUT2D eigenvalue weighted by Crippen LogP contribution is 2.42. The highest BCUT2D eigenvalue weighted by molar-refractivity contribution is 6.38. The number of fused-ring (bicyclic) bond motifs is 2. The van der Waals surface area contributed by atoms with Gasteiger partial charge in [-0.3, -0.25) is 0 Å². The summed E-state index contributed by atoms with van der Waals surface area (Å²) in [5.74, 6) is 0.0960. The van der Waals surface area contributed by atoms with Gasteiger partial charge in [0.25, 0.3) is 0 Å². The molecule has 194 valence electrons. The molecular formula is C28H30Cl2FN5O. The van der Waals surface area contributed by atoms with Gasteiger partial charge in [0.1, 0.15) is 11.3 Å². The average Bonchev–Trinajstić information content (AvgIpc) is 3.40. The molecule has 9 heteroatoms. The van der Waals surface area contributed by atoms with Gasteiger partial charge in [-0.1, -0.05) is 53.5 Å². The Kier molecular flexibility index (Phi) is 7.95. The Hall–Kier alpha value is -2.71. The van der Waals surface area contributed by atoms with Crippen molar-refractivity contribution in [3.8, 4) is 17.1 Å². The van der Waals surface area contributed by atoms with E-state index in [4.69, 9.17) is 27.9 Å². The Morgan fingerprint density at radius 3 is 2.30 bits per heavy atom. The normalized spacial score (nSPS) is 16.2. The second-order valence-corrected chi connectivity index (χ2v) is 10.2. The predicted molar refractivity (Wildman–Crippen MR) is 151 cm³/mol. The molecule has 2 aliphatic heterocycles. The lowest BCUT2D eigenvalue weighted by Gasteiger charge is -2.29. The zero-order chi connectivity index (χ0) is 25.9. The van der Waals surface area contributed by atoms with Crippen molar-refractivity contribution < 1.29 is 9.13 Å². The van der Waals surface area contributed by atoms with Crippen molar-refractivity contribution in [2.45, 2.75) is 12.8 Å². The standard InChI is InChI=1S/C23H19Cl2FN4O.C5H11N/c1-31-23-28-21-15(22(29-23)30-10-8-27-9-11-30)12-17(25)19(20(21)26)14-6-2-4-13-5-3-7-16(24)18(13)14;1-6-4-2-3-5-6/h2-7,12,27H,8-11H2,1H3;2-5H2,1H3. The fourth-order valence-electron chi connectivity index (χ4n) is 4.99. The first kappa shape index (κ1) is 25.9. The highest BCUT2D eigenvalue weighted by Gasteiger charge is 2.24. The molecule has 0 aliphatic carbocycles. The molecule has 6 nitrogen and oxygen atoms in total. The van der Waals surface area contributed by atoms with Gasteiger partial charge in [0.05, 0.1) is 12.1 Å². The summed E-state index contributed by atoms with van der Waals surface area (Å²) in [5, 5.41) is 6.33. The van der Waals surface area contributed by atoms with Crippen molar-refractivity contribution in [3.63, 3.8) is 0 Å². The molecule has 2 saturated heterocycles. The van der Waals surface area contributed by atoms with E-state index in [-0.39, 0.29) is 22.1 Å². The van der Waals surface area contributed by atoms with Crippen LogP contribution >= 0.6 is 23.2 Å². The molecule has 3 aromatic carbocycles. The van der Waals surface area contributed by atoms with Gasteiger partial charge in [-0.15, -0.1) is 0 Å². The maximum atomic E-state index is 16.0. The molecule has 6 rings (SSSR count). The number of aromatic nitrogens is 2. The lowest BCUT2D eigenvalue weighted by Crippen LogP contribution is -2.44. The minimum atomic E-state index is -0.521. The van der Waals surface area contributed by atoms with Crippen molar-refractivity contribution in [2.24, 2.45) is 0 Å². The number of rotatable bonds is 3. The quantitative estimate of drug-likeness (QED) is 0.342. The molecule has 0 amide bonds. The zero-order valence-electron chi connectivity index (χ0n) is 21.0. The minimum absolute atomic E-state index is 0.115. The number of piperazine rings is 1. The third-order valence-corrected chi connectivity index (χ3v) is 7.51. The summed E-state index contributed by atoms with van der Waals surface area (Å²) in [4.78, 5) is 13.3. The topological polar surface area (TPSA) is 53.5 Å². The summed E-state index contributed by atoms with van der Waals surface area (Å²) >= 11 is 13.2. The maximum Gasteiger partial charge on any atom is 0.318 e. The Morgan fingerprint density at radius 2 is 1.65 bits per heavy atom. The fraction of sp³-hybridized carbons (Fsp3) is 0.357. The van der Waals surface area contributed by atoms with Crippen molar-refractivity contribution in [3.05, 3.63) is 58.3 Å². The Labute approximate surface area is 226 Å². The number of nitrogens with one attached hydrogen (secondary N) is 1. The highest BCUT2D eigenvalue weighted by atomic mass is 35.5. The molecule has 2 fully saturated rings. The summed E-state index contributed by atoms with van der Waals surface area (Å²) in [6.07, 6.45) is 2.83. The van der Waals surface area contributed by atoms with Gasteiger partial charge in [-0.25, -0.2) is 4.39 Å². The molecule has 1 N–H and O–H groups in total. The van der Waals surface area contributed by atoms with Crippen LogP contribution in [0.25, 0.3) is 32.8 Å². The Balaban J connectivity index is 0.000000412. The molecule has 0 spiro atoms. The van der Waals surface area contributed by atoms with Crippen LogP contribution in [0.4, 0.5) is 10.2 Å². The van der Waals surface area contributed by atoms with E-state index in [1.54, 1.807) is 12.1 Å². The van der Waals surface area contributed by atoms with E-state index in [1.807, 2.05) is 30.3 Å². The summed E-state index contributed by atoms with van der Waals surface area (Å²) in [6, 6.07) is 13.1. The molecule has 0 bridgehead atoms. The van der Waals surface area contributed by atoms with Gasteiger partial charge in [0, 0.05) is 47.5 Å². The third-order valence-electron chi connectivity index (χ3n) is 6.89. The van der Waals surface area contributed by atoms with Crippen LogP contribution in [0.2, 0.25) is 10.0 Å². The molecule has 1 aromatic heterocycles. The van der Waals surface area contributed by atoms with E-state index in [0.717, 1.165) is 37.0 Å². The smallest absolute Gasteiger partial charge is 0.318 e. The zero-order valence-corrected chi connectivity index (χ0v) is 22.5. The monoisotopic (exact) mass is 541 g/mol. The van der Waals surface area contributed by atoms with Crippen LogP contribution in [-0.2, 0) is 0 Å². The van der Waals surface area contributed by atoms with E-state index < -0.39 is 5.82 Å². The van der Waals surface area contributed by atoms with Crippen molar-refractivity contribution in [1.82, 2.24) is 20.2 Å². The van der Waals surface area contributed by atoms with Crippen LogP contribution in [0, 0.1) is 5.82 Å². The number of hydrogen-bond acceptors (Lipinski definition) is 6. The van der Waals surface area contributed by atoms with Crippen LogP contribution in [0.1, 0.15) is 12.8 Å². The van der Waals surface area contributed by atoms with E-state index in [0.29, 0.717) is 21.8 Å². The first-order chi connectivity index (χ1) is 18.0. The molecule has 0 atom stereocenters. The van der Waals surface area contributed by atoms with Crippen LogP contribution in [0.5, 0.6) is 6.01 Å². The average molecular weight is 542 g/mol. The molecule has 0 radical (unpaired) electrons. The number of halogens is 3. The van der Waals surface area contributed by atoms with Gasteiger partial charge >= 0.3 is 6.01 Å². The van der Waals surface area contributed by atoms with Gasteiger partial charge in [-0.05, 0) is 56.1 Å². The lowest BCUT2D eigenvalue weighted by atomic mass is 9.96. The molecule has 0 saturated carbocycles. The van der Waals surface area contributed by atoms with Crippen molar-refractivity contribution >= 4 is 50.7 Å². The number of benzene rings is 3. The number of ether oxygens (including phenoxy) is 1. The van der Waals surface area contributed by atoms with Crippen LogP contribution in [0.15, 0.2) is 42.5 Å². The molecule has 37 heavy (non-hydrogen) atoms. The first-order valence-corrected chi connectivity index (χ1v) is 13.3. The second kappa shape index (κ2) is 11.4. The fourth-order valence-corrected chi connectivity index (χ4v) is 5.57. The Bertz CT molecular complexity index is 1420. The summed E-state index contributed by atoms with van der Waals surface area (Å²) in [6.45, 7) is 5.76. The molecule has 3 heterocycles. The van der Waals surface area contributed by atoms with Gasteiger partial charge in [0.2, 0.25) is 0 Å². The third kappa shape index (κ3) is 5.32. The summed E-state index contributed by atoms with van der Waals surface area (Å²) < 4.78 is 21.3. The Morgan fingerprint density at radius 1 is 0.946 bits per heavy atom. The van der Waals surface area contributed by atoms with Gasteiger partial charge in [0.15, 0.2) is 5.82 Å². The number of nitrogens with zero attached hydrogens (tertiary/aromatic N) is 4. The van der Waals surface area contributed by atoms with E-state index in [1.165, 1.54) is 33.0 Å². The largest absolute Gasteiger partial charge is 0.467 e. The number of hydrogen-bond donors (Lipinski definition) is 1. The first-order valence-electron chi connectivity index (χ1n) is 12.5. The number of anilines is 1. The van der Waals surface area contributed by atoms with Gasteiger partial charge < -0.3 is 19.9 Å². The molecule has 0 unspecified atom stereocenters. The van der Waals surface area contributed by atoms with Crippen LogP contribution in [-0.4, -0.2) is 68.3 Å². The molecular weight excluding hydrogens is 512 g/mol. The van der Waals surface area contributed by atoms with Gasteiger partial charge in [-0.2, -0.15) is 9.97 Å². The number of likely N-dealkylation sites (tertiary alicyclic amines) is 1. The van der Waals surface area contributed by atoms with E-state index in [9.17, 15) is 0 Å². The van der Waals surface area contributed by atoms with Crippen molar-refractivity contribution in [2.75, 3.05) is 58.3 Å². The molecule has 2 aliphatic rings. The summed E-state index contributed by atoms with van der Waals surface area (Å²) in [7, 11) is 3.65. The maximum absolute atomic E-state index is 16.0. The number of methoxy groups -OCH3 is 1. The van der Waals surface area contributed by atoms with Crippen LogP contribution in [0.3, 0.4) is 0 Å². The molecule has 4 aromatic rings. The summed E-state index contributed by atoms with van der Waals surface area (Å²) in [5.41, 5.74) is 1.05. The van der Waals surface area contributed by atoms with Crippen LogP contribution < -0.4 is 15.0 Å². The lowest BCUT2D eigenvalue weighted by molar-refractivity contribution is 0.381. The second-order valence-electron chi connectivity index (χ2n) is 9.37.